The van der Waals surface area contributed by atoms with Crippen molar-refractivity contribution in [2.24, 2.45) is 0 Å². The minimum Gasteiger partial charge on any atom is -0.391 e. The molecule has 1 amide bonds. The number of β-amino-alcohol motifs (C(OH)–C–C–N with tert-alkyl or cyclic N) is 1. The van der Waals surface area contributed by atoms with E-state index in [0.717, 1.165) is 66.6 Å². The number of fused-ring (bicyclic) bond motifs is 4. The molecule has 8 heteroatoms. The highest BCUT2D eigenvalue weighted by atomic mass is 32.1. The van der Waals surface area contributed by atoms with E-state index in [1.54, 1.807) is 11.3 Å². The number of hydrogen-bond donors (Lipinski definition) is 1. The third-order valence-electron chi connectivity index (χ3n) is 6.14. The van der Waals surface area contributed by atoms with Gasteiger partial charge >= 0.3 is 0 Å². The number of aromatic nitrogens is 3. The minimum atomic E-state index is -0.299. The summed E-state index contributed by atoms with van der Waals surface area (Å²) in [5.41, 5.74) is 3.04. The fourth-order valence-electron chi connectivity index (χ4n) is 4.87. The molecule has 1 N–H and O–H groups in total. The van der Waals surface area contributed by atoms with Crippen LogP contribution < -0.4 is 4.90 Å². The van der Waals surface area contributed by atoms with E-state index >= 15 is 0 Å². The molecule has 2 aromatic heterocycles. The molecule has 2 aromatic rings. The molecule has 3 aliphatic heterocycles. The van der Waals surface area contributed by atoms with Gasteiger partial charge in [0, 0.05) is 42.7 Å². The summed E-state index contributed by atoms with van der Waals surface area (Å²) in [6.07, 6.45) is 6.58. The van der Waals surface area contributed by atoms with E-state index in [0.29, 0.717) is 13.0 Å². The first-order chi connectivity index (χ1) is 13.6. The maximum atomic E-state index is 13.0. The van der Waals surface area contributed by atoms with Crippen molar-refractivity contribution in [3.05, 3.63) is 33.5 Å². The standard InChI is InChI=1S/C20H25N5O2S/c1-12-22-13(11-28-12)7-19(27)25-14-4-5-18(25)16-9-21-20(23-17(16)8-14)24-6-2-3-15(26)10-24/h9,11,14-15,18,26H,2-8,10H2,1H3/t14-,15-,18-/m0/s1. The first-order valence-electron chi connectivity index (χ1n) is 10.1. The van der Waals surface area contributed by atoms with Crippen LogP contribution in [0.4, 0.5) is 5.95 Å². The largest absolute Gasteiger partial charge is 0.391 e. The fraction of sp³-hybridized carbons (Fsp3) is 0.600. The number of amides is 1. The van der Waals surface area contributed by atoms with Gasteiger partial charge in [-0.15, -0.1) is 11.3 Å². The number of nitrogens with zero attached hydrogens (tertiary/aromatic N) is 5. The van der Waals surface area contributed by atoms with E-state index in [1.807, 2.05) is 18.5 Å². The first-order valence-corrected chi connectivity index (χ1v) is 11.0. The summed E-state index contributed by atoms with van der Waals surface area (Å²) in [5, 5.41) is 12.9. The summed E-state index contributed by atoms with van der Waals surface area (Å²) in [6.45, 7) is 3.46. The van der Waals surface area contributed by atoms with Gasteiger partial charge in [-0.3, -0.25) is 4.79 Å². The Balaban J connectivity index is 1.37. The Labute approximate surface area is 168 Å². The smallest absolute Gasteiger partial charge is 0.229 e. The lowest BCUT2D eigenvalue weighted by Crippen LogP contribution is -2.44. The fourth-order valence-corrected chi connectivity index (χ4v) is 5.48. The second-order valence-corrected chi connectivity index (χ2v) is 9.16. The Hall–Kier alpha value is -2.06. The van der Waals surface area contributed by atoms with Crippen molar-refractivity contribution in [3.63, 3.8) is 0 Å². The molecule has 0 spiro atoms. The Morgan fingerprint density at radius 2 is 2.21 bits per heavy atom. The van der Waals surface area contributed by atoms with E-state index < -0.39 is 0 Å². The summed E-state index contributed by atoms with van der Waals surface area (Å²) >= 11 is 1.59. The molecular formula is C20H25N5O2S. The molecule has 5 rings (SSSR count). The number of carbonyl (C=O) groups is 1. The molecule has 0 aromatic carbocycles. The second kappa shape index (κ2) is 7.08. The lowest BCUT2D eigenvalue weighted by Gasteiger charge is -2.36. The number of anilines is 1. The summed E-state index contributed by atoms with van der Waals surface area (Å²) in [6, 6.07) is 0.307. The highest BCUT2D eigenvalue weighted by Gasteiger charge is 2.43. The maximum Gasteiger partial charge on any atom is 0.229 e. The van der Waals surface area contributed by atoms with Gasteiger partial charge in [0.05, 0.1) is 35.0 Å². The number of hydrogen-bond acceptors (Lipinski definition) is 7. The van der Waals surface area contributed by atoms with Crippen LogP contribution in [0.5, 0.6) is 0 Å². The highest BCUT2D eigenvalue weighted by molar-refractivity contribution is 7.09. The summed E-state index contributed by atoms with van der Waals surface area (Å²) in [5.74, 6) is 0.876. The molecule has 148 valence electrons. The van der Waals surface area contributed by atoms with Gasteiger partial charge in [0.25, 0.3) is 0 Å². The van der Waals surface area contributed by atoms with Crippen LogP contribution in [-0.2, 0) is 17.6 Å². The maximum absolute atomic E-state index is 13.0. The highest BCUT2D eigenvalue weighted by Crippen LogP contribution is 2.43. The minimum absolute atomic E-state index is 0.0852. The number of rotatable bonds is 3. The van der Waals surface area contributed by atoms with Crippen LogP contribution in [-0.4, -0.2) is 56.1 Å². The van der Waals surface area contributed by atoms with E-state index in [9.17, 15) is 9.90 Å². The van der Waals surface area contributed by atoms with Crippen molar-refractivity contribution in [2.75, 3.05) is 18.0 Å². The Morgan fingerprint density at radius 3 is 3.00 bits per heavy atom. The molecule has 0 radical (unpaired) electrons. The number of aryl methyl sites for hydroxylation is 1. The zero-order valence-corrected chi connectivity index (χ0v) is 16.9. The monoisotopic (exact) mass is 399 g/mol. The summed E-state index contributed by atoms with van der Waals surface area (Å²) in [7, 11) is 0. The van der Waals surface area contributed by atoms with Crippen molar-refractivity contribution in [1.29, 1.82) is 0 Å². The van der Waals surface area contributed by atoms with E-state index in [4.69, 9.17) is 4.98 Å². The summed E-state index contributed by atoms with van der Waals surface area (Å²) in [4.78, 5) is 31.1. The molecule has 2 bridgehead atoms. The number of aliphatic hydroxyl groups excluding tert-OH is 1. The van der Waals surface area contributed by atoms with Gasteiger partial charge in [-0.05, 0) is 32.6 Å². The van der Waals surface area contributed by atoms with Gasteiger partial charge in [-0.25, -0.2) is 15.0 Å². The van der Waals surface area contributed by atoms with Crippen LogP contribution in [0, 0.1) is 6.92 Å². The van der Waals surface area contributed by atoms with Gasteiger partial charge in [-0.1, -0.05) is 0 Å². The zero-order valence-electron chi connectivity index (χ0n) is 16.0. The van der Waals surface area contributed by atoms with Gasteiger partial charge in [0.15, 0.2) is 0 Å². The topological polar surface area (TPSA) is 82.5 Å². The predicted octanol–water partition coefficient (Wildman–Crippen LogP) is 2.03. The first kappa shape index (κ1) is 18.0. The molecule has 0 saturated carbocycles. The van der Waals surface area contributed by atoms with E-state index in [-0.39, 0.29) is 24.1 Å². The molecule has 3 aliphatic rings. The number of piperidine rings is 1. The van der Waals surface area contributed by atoms with Crippen molar-refractivity contribution < 1.29 is 9.90 Å². The third kappa shape index (κ3) is 3.18. The molecule has 5 heterocycles. The Bertz CT molecular complexity index is 900. The van der Waals surface area contributed by atoms with Gasteiger partial charge in [-0.2, -0.15) is 0 Å². The molecule has 7 nitrogen and oxygen atoms in total. The van der Waals surface area contributed by atoms with Crippen molar-refractivity contribution in [2.45, 2.75) is 63.6 Å². The van der Waals surface area contributed by atoms with Crippen molar-refractivity contribution in [1.82, 2.24) is 19.9 Å². The van der Waals surface area contributed by atoms with Crippen molar-refractivity contribution in [3.8, 4) is 0 Å². The van der Waals surface area contributed by atoms with Crippen LogP contribution >= 0.6 is 11.3 Å². The van der Waals surface area contributed by atoms with Crippen LogP contribution in [0.1, 0.15) is 53.7 Å². The Morgan fingerprint density at radius 1 is 1.32 bits per heavy atom. The lowest BCUT2D eigenvalue weighted by atomic mass is 9.98. The van der Waals surface area contributed by atoms with Crippen LogP contribution in [0.15, 0.2) is 11.6 Å². The van der Waals surface area contributed by atoms with Gasteiger partial charge < -0.3 is 14.9 Å². The average molecular weight is 400 g/mol. The molecule has 3 atom stereocenters. The van der Waals surface area contributed by atoms with E-state index in [2.05, 4.69) is 19.8 Å². The normalized spacial score (nSPS) is 26.4. The molecule has 0 aliphatic carbocycles. The third-order valence-corrected chi connectivity index (χ3v) is 6.97. The summed E-state index contributed by atoms with van der Waals surface area (Å²) < 4.78 is 0. The molecule has 0 unspecified atom stereocenters. The van der Waals surface area contributed by atoms with E-state index in [1.165, 1.54) is 0 Å². The Kier molecular flexibility index (Phi) is 4.55. The van der Waals surface area contributed by atoms with Crippen LogP contribution in [0.2, 0.25) is 0 Å². The van der Waals surface area contributed by atoms with Crippen LogP contribution in [0.3, 0.4) is 0 Å². The second-order valence-electron chi connectivity index (χ2n) is 8.10. The number of aliphatic hydroxyl groups is 1. The predicted molar refractivity (Wildman–Crippen MR) is 106 cm³/mol. The van der Waals surface area contributed by atoms with Crippen LogP contribution in [0.25, 0.3) is 0 Å². The molecule has 2 saturated heterocycles. The van der Waals surface area contributed by atoms with Gasteiger partial charge in [0.2, 0.25) is 11.9 Å². The number of thiazole rings is 1. The lowest BCUT2D eigenvalue weighted by molar-refractivity contribution is -0.134. The zero-order chi connectivity index (χ0) is 19.3. The molecule has 2 fully saturated rings. The quantitative estimate of drug-likeness (QED) is 0.850. The number of carbonyl (C=O) groups excluding carboxylic acids is 1. The molecular weight excluding hydrogens is 374 g/mol. The average Bonchev–Trinajstić information content (AvgIpc) is 3.23. The van der Waals surface area contributed by atoms with Gasteiger partial charge in [0.1, 0.15) is 0 Å². The van der Waals surface area contributed by atoms with Crippen molar-refractivity contribution >= 4 is 23.2 Å². The SMILES string of the molecule is Cc1nc(CC(=O)N2[C@H]3CC[C@H]2c2cnc(N4CCC[C@H](O)C4)nc2C3)cs1. The molecule has 28 heavy (non-hydrogen) atoms.